The number of urea groups is 1. The van der Waals surface area contributed by atoms with Crippen molar-refractivity contribution in [1.29, 1.82) is 0 Å². The van der Waals surface area contributed by atoms with Crippen molar-refractivity contribution in [3.8, 4) is 0 Å². The molecule has 0 aliphatic carbocycles. The SMILES string of the molecule is CC(C)CN(CC(=O)O)C(=O)Nc1cc(Br)ccc1Br. The van der Waals surface area contributed by atoms with Crippen molar-refractivity contribution >= 4 is 49.5 Å². The molecule has 0 aliphatic heterocycles. The molecule has 110 valence electrons. The van der Waals surface area contributed by atoms with Crippen LogP contribution in [0, 0.1) is 5.92 Å². The number of nitrogens with one attached hydrogen (secondary N) is 1. The van der Waals surface area contributed by atoms with Crippen LogP contribution in [0.4, 0.5) is 10.5 Å². The van der Waals surface area contributed by atoms with Gasteiger partial charge < -0.3 is 15.3 Å². The maximum Gasteiger partial charge on any atom is 0.323 e. The molecule has 2 amide bonds. The molecule has 0 radical (unpaired) electrons. The van der Waals surface area contributed by atoms with Crippen LogP contribution >= 0.6 is 31.9 Å². The van der Waals surface area contributed by atoms with E-state index in [4.69, 9.17) is 5.11 Å². The van der Waals surface area contributed by atoms with E-state index in [1.165, 1.54) is 4.90 Å². The minimum Gasteiger partial charge on any atom is -0.480 e. The molecule has 0 atom stereocenters. The highest BCUT2D eigenvalue weighted by molar-refractivity contribution is 9.11. The van der Waals surface area contributed by atoms with Gasteiger partial charge in [-0.3, -0.25) is 4.79 Å². The molecular formula is C13H16Br2N2O3. The third kappa shape index (κ3) is 5.50. The predicted molar refractivity (Wildman–Crippen MR) is 84.9 cm³/mol. The standard InChI is InChI=1S/C13H16Br2N2O3/c1-8(2)6-17(7-12(18)19)13(20)16-11-5-9(14)3-4-10(11)15/h3-5,8H,6-7H2,1-2H3,(H,16,20)(H,18,19). The second kappa shape index (κ2) is 7.64. The molecular weight excluding hydrogens is 392 g/mol. The average Bonchev–Trinajstić information content (AvgIpc) is 2.31. The summed E-state index contributed by atoms with van der Waals surface area (Å²) in [5.41, 5.74) is 0.587. The summed E-state index contributed by atoms with van der Waals surface area (Å²) >= 11 is 6.66. The Morgan fingerprint density at radius 1 is 1.35 bits per heavy atom. The first-order chi connectivity index (χ1) is 9.29. The summed E-state index contributed by atoms with van der Waals surface area (Å²) in [7, 11) is 0. The molecule has 1 aromatic carbocycles. The molecule has 5 nitrogen and oxygen atoms in total. The minimum atomic E-state index is -1.03. The molecule has 1 rings (SSSR count). The van der Waals surface area contributed by atoms with Crippen molar-refractivity contribution in [2.75, 3.05) is 18.4 Å². The van der Waals surface area contributed by atoms with Gasteiger partial charge in [0, 0.05) is 15.5 Å². The van der Waals surface area contributed by atoms with Crippen LogP contribution in [0.5, 0.6) is 0 Å². The van der Waals surface area contributed by atoms with Crippen molar-refractivity contribution in [3.63, 3.8) is 0 Å². The summed E-state index contributed by atoms with van der Waals surface area (Å²) < 4.78 is 1.55. The first-order valence-electron chi connectivity index (χ1n) is 6.02. The lowest BCUT2D eigenvalue weighted by atomic mass is 10.2. The zero-order valence-electron chi connectivity index (χ0n) is 11.2. The highest BCUT2D eigenvalue weighted by atomic mass is 79.9. The molecule has 0 bridgehead atoms. The number of carboxylic acids is 1. The van der Waals surface area contributed by atoms with Gasteiger partial charge in [-0.1, -0.05) is 29.8 Å². The van der Waals surface area contributed by atoms with Gasteiger partial charge in [-0.15, -0.1) is 0 Å². The summed E-state index contributed by atoms with van der Waals surface area (Å²) in [6.45, 7) is 3.91. The number of nitrogens with zero attached hydrogens (tertiary/aromatic N) is 1. The molecule has 0 spiro atoms. The topological polar surface area (TPSA) is 69.6 Å². The van der Waals surface area contributed by atoms with Crippen LogP contribution in [0.2, 0.25) is 0 Å². The number of rotatable bonds is 5. The van der Waals surface area contributed by atoms with E-state index in [1.54, 1.807) is 12.1 Å². The van der Waals surface area contributed by atoms with Crippen LogP contribution < -0.4 is 5.32 Å². The van der Waals surface area contributed by atoms with E-state index in [0.717, 1.165) is 8.95 Å². The van der Waals surface area contributed by atoms with Gasteiger partial charge >= 0.3 is 12.0 Å². The molecule has 7 heteroatoms. The predicted octanol–water partition coefficient (Wildman–Crippen LogP) is 3.79. The van der Waals surface area contributed by atoms with Crippen molar-refractivity contribution in [1.82, 2.24) is 4.90 Å². The second-order valence-electron chi connectivity index (χ2n) is 4.72. The maximum absolute atomic E-state index is 12.2. The quantitative estimate of drug-likeness (QED) is 0.780. The lowest BCUT2D eigenvalue weighted by molar-refractivity contribution is -0.137. The fraction of sp³-hybridized carbons (Fsp3) is 0.385. The van der Waals surface area contributed by atoms with E-state index in [2.05, 4.69) is 37.2 Å². The van der Waals surface area contributed by atoms with Gasteiger partial charge in [0.1, 0.15) is 6.54 Å². The second-order valence-corrected chi connectivity index (χ2v) is 6.49. The van der Waals surface area contributed by atoms with Gasteiger partial charge in [0.2, 0.25) is 0 Å². The summed E-state index contributed by atoms with van der Waals surface area (Å²) in [5.74, 6) is -0.847. The van der Waals surface area contributed by atoms with E-state index < -0.39 is 12.0 Å². The number of aliphatic carboxylic acids is 1. The molecule has 0 saturated heterocycles. The number of benzene rings is 1. The number of carboxylic acid groups (broad SMARTS) is 1. The number of hydrogen-bond donors (Lipinski definition) is 2. The number of hydrogen-bond acceptors (Lipinski definition) is 2. The summed E-state index contributed by atoms with van der Waals surface area (Å²) in [6, 6.07) is 4.95. The Bertz CT molecular complexity index is 506. The van der Waals surface area contributed by atoms with Gasteiger partial charge in [-0.25, -0.2) is 4.79 Å². The number of anilines is 1. The Kier molecular flexibility index (Phi) is 6.48. The van der Waals surface area contributed by atoms with Gasteiger partial charge in [0.25, 0.3) is 0 Å². The minimum absolute atomic E-state index is 0.186. The zero-order chi connectivity index (χ0) is 15.3. The third-order valence-corrected chi connectivity index (χ3v) is 3.55. The van der Waals surface area contributed by atoms with Crippen LogP contribution in [0.1, 0.15) is 13.8 Å². The number of carbonyl (C=O) groups excluding carboxylic acids is 1. The van der Waals surface area contributed by atoms with Crippen molar-refractivity contribution in [2.24, 2.45) is 5.92 Å². The normalized spacial score (nSPS) is 10.4. The number of halogens is 2. The summed E-state index contributed by atoms with van der Waals surface area (Å²) in [6.07, 6.45) is 0. The van der Waals surface area contributed by atoms with Gasteiger partial charge in [-0.05, 0) is 40.0 Å². The average molecular weight is 408 g/mol. The maximum atomic E-state index is 12.2. The fourth-order valence-corrected chi connectivity index (χ4v) is 2.32. The highest BCUT2D eigenvalue weighted by Crippen LogP contribution is 2.26. The van der Waals surface area contributed by atoms with E-state index in [-0.39, 0.29) is 12.5 Å². The third-order valence-electron chi connectivity index (χ3n) is 2.37. The van der Waals surface area contributed by atoms with Crippen molar-refractivity contribution in [2.45, 2.75) is 13.8 Å². The number of amides is 2. The largest absolute Gasteiger partial charge is 0.480 e. The molecule has 0 unspecified atom stereocenters. The Labute approximate surface area is 134 Å². The van der Waals surface area contributed by atoms with Gasteiger partial charge in [0.15, 0.2) is 0 Å². The zero-order valence-corrected chi connectivity index (χ0v) is 14.4. The molecule has 20 heavy (non-hydrogen) atoms. The fourth-order valence-electron chi connectivity index (χ4n) is 1.61. The Morgan fingerprint density at radius 2 is 2.00 bits per heavy atom. The Hall–Kier alpha value is -1.08. The number of carbonyl (C=O) groups is 2. The smallest absolute Gasteiger partial charge is 0.323 e. The molecule has 0 saturated carbocycles. The molecule has 0 fully saturated rings. The van der Waals surface area contributed by atoms with Crippen LogP contribution in [-0.2, 0) is 4.79 Å². The summed E-state index contributed by atoms with van der Waals surface area (Å²) in [5, 5.41) is 11.6. The van der Waals surface area contributed by atoms with E-state index >= 15 is 0 Å². The Morgan fingerprint density at radius 3 is 2.55 bits per heavy atom. The first kappa shape index (κ1) is 17.0. The van der Waals surface area contributed by atoms with Crippen LogP contribution in [0.3, 0.4) is 0 Å². The van der Waals surface area contributed by atoms with E-state index in [1.807, 2.05) is 19.9 Å². The summed E-state index contributed by atoms with van der Waals surface area (Å²) in [4.78, 5) is 24.3. The van der Waals surface area contributed by atoms with Gasteiger partial charge in [0.05, 0.1) is 5.69 Å². The highest BCUT2D eigenvalue weighted by Gasteiger charge is 2.18. The van der Waals surface area contributed by atoms with Gasteiger partial charge in [-0.2, -0.15) is 0 Å². The van der Waals surface area contributed by atoms with Crippen LogP contribution in [0.15, 0.2) is 27.1 Å². The molecule has 1 aromatic rings. The van der Waals surface area contributed by atoms with E-state index in [0.29, 0.717) is 12.2 Å². The van der Waals surface area contributed by atoms with Crippen molar-refractivity contribution in [3.05, 3.63) is 27.1 Å². The van der Waals surface area contributed by atoms with Crippen molar-refractivity contribution < 1.29 is 14.7 Å². The molecule has 0 aliphatic rings. The molecule has 0 aromatic heterocycles. The van der Waals surface area contributed by atoms with Crippen LogP contribution in [-0.4, -0.2) is 35.1 Å². The first-order valence-corrected chi connectivity index (χ1v) is 7.61. The molecule has 2 N–H and O–H groups in total. The van der Waals surface area contributed by atoms with E-state index in [9.17, 15) is 9.59 Å². The lowest BCUT2D eigenvalue weighted by Crippen LogP contribution is -2.41. The lowest BCUT2D eigenvalue weighted by Gasteiger charge is -2.23. The van der Waals surface area contributed by atoms with Crippen LogP contribution in [0.25, 0.3) is 0 Å². The Balaban J connectivity index is 2.84. The molecule has 0 heterocycles. The monoisotopic (exact) mass is 406 g/mol.